The van der Waals surface area contributed by atoms with Crippen LogP contribution in [0.4, 0.5) is 5.69 Å². The number of aryl methyl sites for hydroxylation is 3. The van der Waals surface area contributed by atoms with Crippen LogP contribution < -0.4 is 10.9 Å². The number of hydrogen-bond donors (Lipinski definition) is 2. The normalized spacial score (nSPS) is 15.9. The monoisotopic (exact) mass is 602 g/mol. The van der Waals surface area contributed by atoms with E-state index in [0.29, 0.717) is 22.8 Å². The van der Waals surface area contributed by atoms with Crippen molar-refractivity contribution in [1.29, 1.82) is 0 Å². The Kier molecular flexibility index (Phi) is 7.56. The minimum absolute atomic E-state index is 0.0280. The Hall–Kier alpha value is -3.73. The largest absolute Gasteiger partial charge is 0.389 e. The van der Waals surface area contributed by atoms with E-state index in [0.717, 1.165) is 64.9 Å². The van der Waals surface area contributed by atoms with E-state index < -0.39 is 5.60 Å². The zero-order valence-electron chi connectivity index (χ0n) is 25.6. The molecule has 4 aromatic heterocycles. The Morgan fingerprint density at radius 2 is 1.88 bits per heavy atom. The van der Waals surface area contributed by atoms with Crippen LogP contribution in [0.2, 0.25) is 5.15 Å². The van der Waals surface area contributed by atoms with Crippen LogP contribution in [0.5, 0.6) is 0 Å². The van der Waals surface area contributed by atoms with Crippen molar-refractivity contribution in [2.75, 3.05) is 25.0 Å². The molecule has 11 heteroatoms. The van der Waals surface area contributed by atoms with Gasteiger partial charge in [0.05, 0.1) is 46.3 Å². The summed E-state index contributed by atoms with van der Waals surface area (Å²) in [6, 6.07) is 9.68. The van der Waals surface area contributed by atoms with Crippen LogP contribution in [0.15, 0.2) is 47.5 Å². The van der Waals surface area contributed by atoms with Crippen LogP contribution in [0.25, 0.3) is 33.1 Å². The van der Waals surface area contributed by atoms with E-state index in [1.165, 1.54) is 0 Å². The summed E-state index contributed by atoms with van der Waals surface area (Å²) in [4.78, 5) is 20.6. The number of piperidine rings is 1. The molecule has 1 aliphatic rings. The predicted octanol–water partition coefficient (Wildman–Crippen LogP) is 5.23. The Morgan fingerprint density at radius 1 is 1.14 bits per heavy atom. The van der Waals surface area contributed by atoms with Gasteiger partial charge >= 0.3 is 0 Å². The van der Waals surface area contributed by atoms with Crippen LogP contribution in [-0.4, -0.2) is 64.4 Å². The smallest absolute Gasteiger partial charge is 0.259 e. The first-order valence-corrected chi connectivity index (χ1v) is 15.2. The van der Waals surface area contributed by atoms with Crippen molar-refractivity contribution in [3.8, 4) is 11.3 Å². The molecule has 0 radical (unpaired) electrons. The number of rotatable bonds is 7. The van der Waals surface area contributed by atoms with E-state index in [1.807, 2.05) is 59.3 Å². The number of pyridine rings is 2. The highest BCUT2D eigenvalue weighted by Gasteiger charge is 2.30. The molecule has 0 aliphatic carbocycles. The molecular formula is C32H39ClN8O2. The molecule has 1 saturated heterocycles. The number of likely N-dealkylation sites (tertiary alicyclic amines) is 1. The van der Waals surface area contributed by atoms with Gasteiger partial charge in [0.1, 0.15) is 10.8 Å². The molecule has 10 nitrogen and oxygen atoms in total. The van der Waals surface area contributed by atoms with Gasteiger partial charge in [-0.2, -0.15) is 10.2 Å². The zero-order valence-corrected chi connectivity index (χ0v) is 26.4. The van der Waals surface area contributed by atoms with Gasteiger partial charge in [0.25, 0.3) is 5.56 Å². The Bertz CT molecular complexity index is 1870. The third-order valence-corrected chi connectivity index (χ3v) is 8.56. The van der Waals surface area contributed by atoms with Crippen LogP contribution in [0.1, 0.15) is 57.0 Å². The molecule has 1 unspecified atom stereocenters. The molecule has 1 aliphatic heterocycles. The van der Waals surface area contributed by atoms with Crippen molar-refractivity contribution in [2.45, 2.75) is 58.2 Å². The molecule has 0 bridgehead atoms. The average Bonchev–Trinajstić information content (AvgIpc) is 3.56. The number of fused-ring (bicyclic) bond motifs is 3. The minimum Gasteiger partial charge on any atom is -0.389 e. The Morgan fingerprint density at radius 3 is 2.56 bits per heavy atom. The first kappa shape index (κ1) is 29.3. The number of hydrogen-bond acceptors (Lipinski definition) is 7. The van der Waals surface area contributed by atoms with Crippen molar-refractivity contribution in [1.82, 2.24) is 34.0 Å². The summed E-state index contributed by atoms with van der Waals surface area (Å²) in [5.74, 6) is 0. The number of anilines is 1. The summed E-state index contributed by atoms with van der Waals surface area (Å²) in [6.45, 7) is 10.1. The maximum Gasteiger partial charge on any atom is 0.259 e. The highest BCUT2D eigenvalue weighted by molar-refractivity contribution is 6.29. The van der Waals surface area contributed by atoms with E-state index >= 15 is 0 Å². The Labute approximate surface area is 255 Å². The first-order valence-electron chi connectivity index (χ1n) is 14.8. The van der Waals surface area contributed by atoms with Crippen molar-refractivity contribution >= 4 is 39.1 Å². The summed E-state index contributed by atoms with van der Waals surface area (Å²) < 4.78 is 5.57. The van der Waals surface area contributed by atoms with E-state index in [9.17, 15) is 9.90 Å². The molecule has 0 saturated carbocycles. The molecule has 5 heterocycles. The third-order valence-electron chi connectivity index (χ3n) is 8.34. The second-order valence-corrected chi connectivity index (χ2v) is 12.9. The van der Waals surface area contributed by atoms with Gasteiger partial charge in [-0.3, -0.25) is 14.0 Å². The van der Waals surface area contributed by atoms with Gasteiger partial charge in [-0.25, -0.2) is 9.67 Å². The lowest BCUT2D eigenvalue weighted by Gasteiger charge is -2.35. The number of benzene rings is 1. The molecule has 0 spiro atoms. The van der Waals surface area contributed by atoms with Crippen LogP contribution >= 0.6 is 11.6 Å². The first-order chi connectivity index (χ1) is 20.4. The van der Waals surface area contributed by atoms with Crippen LogP contribution in [-0.2, 0) is 14.1 Å². The lowest BCUT2D eigenvalue weighted by Crippen LogP contribution is -2.43. The van der Waals surface area contributed by atoms with Gasteiger partial charge < -0.3 is 15.3 Å². The molecule has 1 fully saturated rings. The minimum atomic E-state index is -0.744. The highest BCUT2D eigenvalue weighted by Crippen LogP contribution is 2.37. The van der Waals surface area contributed by atoms with Gasteiger partial charge in [0, 0.05) is 56.3 Å². The summed E-state index contributed by atoms with van der Waals surface area (Å²) in [6.07, 6.45) is 5.43. The second-order valence-electron chi connectivity index (χ2n) is 12.6. The molecule has 5 aromatic rings. The van der Waals surface area contributed by atoms with Gasteiger partial charge in [0.2, 0.25) is 0 Å². The van der Waals surface area contributed by atoms with Crippen molar-refractivity contribution in [3.63, 3.8) is 0 Å². The van der Waals surface area contributed by atoms with E-state index in [4.69, 9.17) is 16.7 Å². The highest BCUT2D eigenvalue weighted by atomic mass is 35.5. The number of aliphatic hydroxyl groups is 1. The van der Waals surface area contributed by atoms with Gasteiger partial charge in [-0.1, -0.05) is 29.3 Å². The molecule has 2 N–H and O–H groups in total. The summed E-state index contributed by atoms with van der Waals surface area (Å²) in [5.41, 5.74) is 4.34. The quantitative estimate of drug-likeness (QED) is 0.246. The van der Waals surface area contributed by atoms with E-state index in [-0.39, 0.29) is 17.6 Å². The fourth-order valence-corrected chi connectivity index (χ4v) is 6.54. The van der Waals surface area contributed by atoms with E-state index in [2.05, 4.69) is 38.0 Å². The molecule has 1 atom stereocenters. The molecule has 6 rings (SSSR count). The number of halogens is 1. The standard InChI is InChI=1S/C32H39ClN8O2/c1-19-7-8-23-24(15-19)31(42)39(6)30-27(23)28(37-41(30)22-11-13-40(14-12-22)18-32(3,4)43)20(2)35-25-9-10-26(33)36-29(25)21-16-34-38(5)17-21/h7-10,15-17,20,22,35,43H,11-14,18H2,1-6H3. The predicted molar refractivity (Wildman–Crippen MR) is 172 cm³/mol. The zero-order chi connectivity index (χ0) is 30.6. The second kappa shape index (κ2) is 11.1. The molecule has 1 aromatic carbocycles. The average molecular weight is 603 g/mol. The van der Waals surface area contributed by atoms with Crippen molar-refractivity contribution in [3.05, 3.63) is 69.5 Å². The molecule has 226 valence electrons. The van der Waals surface area contributed by atoms with Gasteiger partial charge in [-0.05, 0) is 58.7 Å². The lowest BCUT2D eigenvalue weighted by atomic mass is 10.0. The van der Waals surface area contributed by atoms with Crippen LogP contribution in [0.3, 0.4) is 0 Å². The third kappa shape index (κ3) is 5.67. The molecule has 0 amide bonds. The number of nitrogens with one attached hydrogen (secondary N) is 1. The van der Waals surface area contributed by atoms with Crippen LogP contribution in [0, 0.1) is 6.92 Å². The van der Waals surface area contributed by atoms with E-state index in [1.54, 1.807) is 21.5 Å². The SMILES string of the molecule is Cc1ccc2c(c1)c(=O)n(C)c1c2c(C(C)Nc2ccc(Cl)nc2-c2cnn(C)c2)nn1C1CCN(CC(C)(C)O)CC1. The molecular weight excluding hydrogens is 564 g/mol. The number of aromatic nitrogens is 6. The lowest BCUT2D eigenvalue weighted by molar-refractivity contribution is 0.0247. The maximum absolute atomic E-state index is 13.7. The Balaban J connectivity index is 1.46. The van der Waals surface area contributed by atoms with Crippen molar-refractivity contribution < 1.29 is 5.11 Å². The van der Waals surface area contributed by atoms with Gasteiger partial charge in [0.15, 0.2) is 0 Å². The topological polar surface area (TPSA) is 106 Å². The summed E-state index contributed by atoms with van der Waals surface area (Å²) >= 11 is 6.32. The summed E-state index contributed by atoms with van der Waals surface area (Å²) in [5, 5.41) is 26.6. The number of nitrogens with zero attached hydrogens (tertiary/aromatic N) is 7. The van der Waals surface area contributed by atoms with Crippen molar-refractivity contribution in [2.24, 2.45) is 14.1 Å². The van der Waals surface area contributed by atoms with Gasteiger partial charge in [-0.15, -0.1) is 0 Å². The maximum atomic E-state index is 13.7. The summed E-state index contributed by atoms with van der Waals surface area (Å²) in [7, 11) is 3.72. The fourth-order valence-electron chi connectivity index (χ4n) is 6.40. The molecule has 43 heavy (non-hydrogen) atoms. The number of β-amino-alcohol motifs (C(OH)–C–C–N with tert-alkyl or cyclic N) is 1. The fraction of sp³-hybridized carbons (Fsp3) is 0.438.